The highest BCUT2D eigenvalue weighted by atomic mass is 35.5. The van der Waals surface area contributed by atoms with Gasteiger partial charge < -0.3 is 4.90 Å². The highest BCUT2D eigenvalue weighted by Gasteiger charge is 2.33. The van der Waals surface area contributed by atoms with Crippen LogP contribution in [0.4, 0.5) is 18.9 Å². The van der Waals surface area contributed by atoms with Gasteiger partial charge in [0.05, 0.1) is 12.1 Å². The minimum absolute atomic E-state index is 0.00332. The second-order valence-corrected chi connectivity index (χ2v) is 5.22. The minimum atomic E-state index is -4.46. The van der Waals surface area contributed by atoms with E-state index in [4.69, 9.17) is 17.0 Å². The topological polar surface area (TPSA) is 27.1 Å². The molecule has 0 fully saturated rings. The number of rotatable bonds is 1. The first-order valence-electron chi connectivity index (χ1n) is 6.18. The molecule has 0 saturated carbocycles. The Bertz CT molecular complexity index is 725. The molecule has 21 heavy (non-hydrogen) atoms. The average molecular weight is 311 g/mol. The normalized spacial score (nSPS) is 14.5. The van der Waals surface area contributed by atoms with Crippen molar-refractivity contribution in [2.45, 2.75) is 12.7 Å². The molecule has 3 rings (SSSR count). The zero-order valence-electron chi connectivity index (χ0n) is 10.7. The summed E-state index contributed by atoms with van der Waals surface area (Å²) in [6.45, 7) is 0.368. The molecule has 0 radical (unpaired) electrons. The van der Waals surface area contributed by atoms with Crippen LogP contribution in [0.2, 0.25) is 5.02 Å². The van der Waals surface area contributed by atoms with E-state index in [-0.39, 0.29) is 16.5 Å². The monoisotopic (exact) mass is 310 g/mol. The highest BCUT2D eigenvalue weighted by Crippen LogP contribution is 2.36. The fraction of sp³-hybridized carbons (Fsp3) is 0.133. The quantitative estimate of drug-likeness (QED) is 0.812. The molecule has 0 unspecified atom stereocenters. The van der Waals surface area contributed by atoms with Crippen LogP contribution in [0.1, 0.15) is 16.7 Å². The van der Waals surface area contributed by atoms with E-state index in [0.29, 0.717) is 6.54 Å². The number of hydrogen-bond acceptors (Lipinski definition) is 1. The van der Waals surface area contributed by atoms with Gasteiger partial charge in [0, 0.05) is 16.3 Å². The molecule has 0 aromatic heterocycles. The molecule has 108 valence electrons. The van der Waals surface area contributed by atoms with Gasteiger partial charge in [-0.05, 0) is 23.8 Å². The molecule has 2 aromatic carbocycles. The van der Waals surface area contributed by atoms with E-state index >= 15 is 0 Å². The van der Waals surface area contributed by atoms with Crippen LogP contribution in [0, 0.1) is 5.41 Å². The number of nitrogens with zero attached hydrogens (tertiary/aromatic N) is 1. The molecule has 0 aliphatic carbocycles. The van der Waals surface area contributed by atoms with Crippen molar-refractivity contribution in [1.29, 1.82) is 5.41 Å². The number of benzene rings is 2. The third-order valence-electron chi connectivity index (χ3n) is 3.39. The van der Waals surface area contributed by atoms with Crippen LogP contribution in [0.25, 0.3) is 0 Å². The first-order chi connectivity index (χ1) is 9.86. The molecule has 2 nitrogen and oxygen atoms in total. The number of fused-ring (bicyclic) bond motifs is 1. The Labute approximate surface area is 124 Å². The van der Waals surface area contributed by atoms with Crippen LogP contribution in [0.5, 0.6) is 0 Å². The van der Waals surface area contributed by atoms with Crippen molar-refractivity contribution in [2.24, 2.45) is 0 Å². The summed E-state index contributed by atoms with van der Waals surface area (Å²) in [5, 5.41) is 8.13. The fourth-order valence-corrected chi connectivity index (χ4v) is 2.63. The van der Waals surface area contributed by atoms with E-state index < -0.39 is 11.7 Å². The Morgan fingerprint density at radius 1 is 1.10 bits per heavy atom. The Hall–Kier alpha value is -2.01. The molecule has 1 aliphatic rings. The van der Waals surface area contributed by atoms with Gasteiger partial charge in [-0.1, -0.05) is 35.9 Å². The Morgan fingerprint density at radius 2 is 1.81 bits per heavy atom. The summed E-state index contributed by atoms with van der Waals surface area (Å²) in [6.07, 6.45) is -4.46. The molecule has 6 heteroatoms. The zero-order chi connectivity index (χ0) is 15.2. The van der Waals surface area contributed by atoms with Gasteiger partial charge in [0.2, 0.25) is 0 Å². The number of hydrogen-bond donors (Lipinski definition) is 1. The summed E-state index contributed by atoms with van der Waals surface area (Å²) >= 11 is 5.80. The standard InChI is InChI=1S/C15H10ClF3N2/c16-11-5-10(15(17,18)19)6-12(7-11)21-8-9-3-1-2-4-13(9)14(21)20/h1-7,20H,8H2. The number of anilines is 1. The molecule has 0 spiro atoms. The van der Waals surface area contributed by atoms with Crippen molar-refractivity contribution < 1.29 is 13.2 Å². The van der Waals surface area contributed by atoms with Gasteiger partial charge in [0.1, 0.15) is 5.84 Å². The van der Waals surface area contributed by atoms with E-state index in [9.17, 15) is 13.2 Å². The van der Waals surface area contributed by atoms with Crippen molar-refractivity contribution in [3.63, 3.8) is 0 Å². The van der Waals surface area contributed by atoms with E-state index in [0.717, 1.165) is 23.3 Å². The van der Waals surface area contributed by atoms with Gasteiger partial charge in [0.15, 0.2) is 0 Å². The molecule has 1 aliphatic heterocycles. The summed E-state index contributed by atoms with van der Waals surface area (Å²) in [5.41, 5.74) is 1.10. The molecule has 2 aromatic rings. The molecule has 1 N–H and O–H groups in total. The van der Waals surface area contributed by atoms with E-state index in [1.165, 1.54) is 11.0 Å². The molecule has 0 saturated heterocycles. The van der Waals surface area contributed by atoms with Crippen LogP contribution >= 0.6 is 11.6 Å². The van der Waals surface area contributed by atoms with Gasteiger partial charge in [-0.2, -0.15) is 13.2 Å². The minimum Gasteiger partial charge on any atom is -0.322 e. The van der Waals surface area contributed by atoms with Gasteiger partial charge in [-0.15, -0.1) is 0 Å². The van der Waals surface area contributed by atoms with E-state index in [1.807, 2.05) is 12.1 Å². The zero-order valence-corrected chi connectivity index (χ0v) is 11.5. The lowest BCUT2D eigenvalue weighted by Crippen LogP contribution is -2.23. The predicted octanol–water partition coefficient (Wildman–Crippen LogP) is 4.70. The third-order valence-corrected chi connectivity index (χ3v) is 3.61. The van der Waals surface area contributed by atoms with Gasteiger partial charge in [0.25, 0.3) is 0 Å². The second kappa shape index (κ2) is 4.77. The van der Waals surface area contributed by atoms with Crippen LogP contribution < -0.4 is 4.90 Å². The Balaban J connectivity index is 2.04. The summed E-state index contributed by atoms with van der Waals surface area (Å²) in [7, 11) is 0. The van der Waals surface area contributed by atoms with Crippen molar-refractivity contribution in [2.75, 3.05) is 4.90 Å². The molecule has 0 amide bonds. The van der Waals surface area contributed by atoms with Gasteiger partial charge in [-0.3, -0.25) is 5.41 Å². The van der Waals surface area contributed by atoms with Crippen LogP contribution in [0.3, 0.4) is 0 Å². The lowest BCUT2D eigenvalue weighted by molar-refractivity contribution is -0.137. The van der Waals surface area contributed by atoms with Crippen molar-refractivity contribution >= 4 is 23.1 Å². The molecule has 1 heterocycles. The third kappa shape index (κ3) is 2.49. The van der Waals surface area contributed by atoms with E-state index in [1.54, 1.807) is 12.1 Å². The van der Waals surface area contributed by atoms with Gasteiger partial charge in [-0.25, -0.2) is 0 Å². The van der Waals surface area contributed by atoms with Crippen LogP contribution in [-0.2, 0) is 12.7 Å². The molecular formula is C15H10ClF3N2. The molecular weight excluding hydrogens is 301 g/mol. The number of nitrogens with one attached hydrogen (secondary N) is 1. The first kappa shape index (κ1) is 13.9. The summed E-state index contributed by atoms with van der Waals surface area (Å²) in [5.74, 6) is 0.181. The van der Waals surface area contributed by atoms with E-state index in [2.05, 4.69) is 0 Å². The maximum atomic E-state index is 12.9. The average Bonchev–Trinajstić information content (AvgIpc) is 2.75. The largest absolute Gasteiger partial charge is 0.416 e. The maximum absolute atomic E-state index is 12.9. The van der Waals surface area contributed by atoms with Crippen molar-refractivity contribution in [1.82, 2.24) is 0 Å². The predicted molar refractivity (Wildman–Crippen MR) is 75.9 cm³/mol. The summed E-state index contributed by atoms with van der Waals surface area (Å²) < 4.78 is 38.6. The molecule has 0 bridgehead atoms. The number of amidine groups is 1. The van der Waals surface area contributed by atoms with Crippen LogP contribution in [0.15, 0.2) is 42.5 Å². The lowest BCUT2D eigenvalue weighted by Gasteiger charge is -2.20. The SMILES string of the molecule is N=C1c2ccccc2CN1c1cc(Cl)cc(C(F)(F)F)c1. The second-order valence-electron chi connectivity index (χ2n) is 4.79. The molecule has 0 atom stereocenters. The summed E-state index contributed by atoms with van der Waals surface area (Å²) in [4.78, 5) is 1.52. The summed E-state index contributed by atoms with van der Waals surface area (Å²) in [6, 6.07) is 10.6. The lowest BCUT2D eigenvalue weighted by atomic mass is 10.1. The fourth-order valence-electron chi connectivity index (χ4n) is 2.40. The maximum Gasteiger partial charge on any atom is 0.416 e. The van der Waals surface area contributed by atoms with Crippen LogP contribution in [-0.4, -0.2) is 5.84 Å². The number of alkyl halides is 3. The Morgan fingerprint density at radius 3 is 2.48 bits per heavy atom. The van der Waals surface area contributed by atoms with Gasteiger partial charge >= 0.3 is 6.18 Å². The first-order valence-corrected chi connectivity index (χ1v) is 6.56. The highest BCUT2D eigenvalue weighted by molar-refractivity contribution is 6.31. The smallest absolute Gasteiger partial charge is 0.322 e. The number of halogens is 4. The Kier molecular flexibility index (Phi) is 3.17. The van der Waals surface area contributed by atoms with Crippen molar-refractivity contribution in [3.05, 3.63) is 64.2 Å². The van der Waals surface area contributed by atoms with Crippen molar-refractivity contribution in [3.8, 4) is 0 Å².